The van der Waals surface area contributed by atoms with Crippen LogP contribution in [0.5, 0.6) is 0 Å². The first-order chi connectivity index (χ1) is 30.7. The fourth-order valence-corrected chi connectivity index (χ4v) is 10.4. The molecule has 2 aliphatic carbocycles. The van der Waals surface area contributed by atoms with Gasteiger partial charge in [-0.3, -0.25) is 0 Å². The molecule has 0 unspecified atom stereocenters. The van der Waals surface area contributed by atoms with Crippen molar-refractivity contribution in [1.82, 2.24) is 15.0 Å². The van der Waals surface area contributed by atoms with Crippen LogP contribution in [0.2, 0.25) is 0 Å². The Morgan fingerprint density at radius 2 is 0.774 bits per heavy atom. The minimum Gasteiger partial charge on any atom is -0.456 e. The van der Waals surface area contributed by atoms with E-state index >= 15 is 0 Å². The molecule has 0 aliphatic heterocycles. The van der Waals surface area contributed by atoms with Gasteiger partial charge in [0.1, 0.15) is 11.2 Å². The third-order valence-electron chi connectivity index (χ3n) is 13.0. The monoisotopic (exact) mass is 789 g/mol. The number of rotatable bonds is 5. The average molecular weight is 790 g/mol. The average Bonchev–Trinajstić information content (AvgIpc) is 3.99. The molecular formula is C58H35N3O. The highest BCUT2D eigenvalue weighted by Gasteiger charge is 2.52. The summed E-state index contributed by atoms with van der Waals surface area (Å²) >= 11 is 0. The van der Waals surface area contributed by atoms with Crippen LogP contribution in [-0.4, -0.2) is 15.0 Å². The van der Waals surface area contributed by atoms with Gasteiger partial charge in [-0.25, -0.2) is 15.0 Å². The van der Waals surface area contributed by atoms with E-state index in [1.807, 2.05) is 24.3 Å². The predicted molar refractivity (Wildman–Crippen MR) is 251 cm³/mol. The summed E-state index contributed by atoms with van der Waals surface area (Å²) in [5.41, 5.74) is 18.6. The van der Waals surface area contributed by atoms with E-state index in [9.17, 15) is 0 Å². The van der Waals surface area contributed by atoms with Crippen LogP contribution in [0.25, 0.3) is 101 Å². The first kappa shape index (κ1) is 34.6. The van der Waals surface area contributed by atoms with Gasteiger partial charge in [-0.15, -0.1) is 0 Å². The third-order valence-corrected chi connectivity index (χ3v) is 13.0. The van der Waals surface area contributed by atoms with Gasteiger partial charge >= 0.3 is 0 Å². The smallest absolute Gasteiger partial charge is 0.164 e. The zero-order valence-electron chi connectivity index (χ0n) is 33.5. The second-order valence-corrected chi connectivity index (χ2v) is 16.2. The zero-order valence-corrected chi connectivity index (χ0v) is 33.5. The lowest BCUT2D eigenvalue weighted by atomic mass is 9.70. The van der Waals surface area contributed by atoms with E-state index in [2.05, 4.69) is 188 Å². The van der Waals surface area contributed by atoms with E-state index in [1.165, 1.54) is 50.1 Å². The molecule has 2 aromatic heterocycles. The van der Waals surface area contributed by atoms with Crippen LogP contribution in [0.15, 0.2) is 217 Å². The highest BCUT2D eigenvalue weighted by atomic mass is 16.3. The number of furan rings is 1. The fourth-order valence-electron chi connectivity index (χ4n) is 10.4. The third kappa shape index (κ3) is 4.98. The molecule has 11 aromatic rings. The zero-order chi connectivity index (χ0) is 40.8. The Labute approximate surface area is 358 Å². The Morgan fingerprint density at radius 3 is 1.52 bits per heavy atom. The largest absolute Gasteiger partial charge is 0.456 e. The molecule has 9 aromatic carbocycles. The van der Waals surface area contributed by atoms with E-state index in [-0.39, 0.29) is 0 Å². The first-order valence-corrected chi connectivity index (χ1v) is 21.1. The van der Waals surface area contributed by atoms with Crippen molar-refractivity contribution in [2.45, 2.75) is 5.41 Å². The quantitative estimate of drug-likeness (QED) is 0.174. The van der Waals surface area contributed by atoms with Gasteiger partial charge in [-0.1, -0.05) is 194 Å². The first-order valence-electron chi connectivity index (χ1n) is 21.1. The van der Waals surface area contributed by atoms with E-state index < -0.39 is 5.41 Å². The van der Waals surface area contributed by atoms with Crippen LogP contribution in [0.3, 0.4) is 0 Å². The van der Waals surface area contributed by atoms with Gasteiger partial charge < -0.3 is 4.42 Å². The number of aromatic nitrogens is 3. The van der Waals surface area contributed by atoms with Gasteiger partial charge in [0.25, 0.3) is 0 Å². The SMILES string of the molecule is c1ccc(-c2cccc(-c3ccc(-c4nc(-c5cccc6c5-c5ccccc5C65c6ccccc6-c6ccccc65)nc(-c5cccc6oc7ccccc7c56)n4)cc3)c2)cc1. The van der Waals surface area contributed by atoms with Gasteiger partial charge in [0.15, 0.2) is 17.5 Å². The molecule has 0 N–H and O–H groups in total. The lowest BCUT2D eigenvalue weighted by molar-refractivity contribution is 0.669. The number of fused-ring (bicyclic) bond motifs is 13. The van der Waals surface area contributed by atoms with Crippen molar-refractivity contribution >= 4 is 21.9 Å². The summed E-state index contributed by atoms with van der Waals surface area (Å²) in [5, 5.41) is 2.01. The second-order valence-electron chi connectivity index (χ2n) is 16.2. The molecule has 62 heavy (non-hydrogen) atoms. The summed E-state index contributed by atoms with van der Waals surface area (Å²) in [7, 11) is 0. The van der Waals surface area contributed by atoms with Crippen LogP contribution in [0, 0.1) is 0 Å². The van der Waals surface area contributed by atoms with Crippen molar-refractivity contribution in [3.05, 3.63) is 235 Å². The van der Waals surface area contributed by atoms with Gasteiger partial charge in [0, 0.05) is 27.5 Å². The van der Waals surface area contributed by atoms with Crippen molar-refractivity contribution in [3.63, 3.8) is 0 Å². The Kier molecular flexibility index (Phi) is 7.49. The molecule has 13 rings (SSSR count). The fraction of sp³-hybridized carbons (Fsp3) is 0.0172. The predicted octanol–water partition coefficient (Wildman–Crippen LogP) is 14.4. The van der Waals surface area contributed by atoms with Crippen molar-refractivity contribution in [2.24, 2.45) is 0 Å². The number of para-hydroxylation sites is 1. The number of hydrogen-bond donors (Lipinski definition) is 0. The Morgan fingerprint density at radius 1 is 0.306 bits per heavy atom. The molecule has 0 saturated heterocycles. The Balaban J connectivity index is 1.03. The Hall–Kier alpha value is -8.21. The highest BCUT2D eigenvalue weighted by molar-refractivity contribution is 6.12. The van der Waals surface area contributed by atoms with E-state index in [0.29, 0.717) is 17.5 Å². The van der Waals surface area contributed by atoms with Crippen molar-refractivity contribution in [1.29, 1.82) is 0 Å². The lowest BCUT2D eigenvalue weighted by Crippen LogP contribution is -2.25. The number of hydrogen-bond acceptors (Lipinski definition) is 4. The summed E-state index contributed by atoms with van der Waals surface area (Å²) in [5.74, 6) is 1.82. The van der Waals surface area contributed by atoms with Crippen LogP contribution in [0.4, 0.5) is 0 Å². The highest BCUT2D eigenvalue weighted by Crippen LogP contribution is 2.63. The molecule has 0 saturated carbocycles. The van der Waals surface area contributed by atoms with E-state index in [4.69, 9.17) is 19.4 Å². The molecule has 0 atom stereocenters. The molecule has 4 heteroatoms. The van der Waals surface area contributed by atoms with Crippen LogP contribution in [-0.2, 0) is 5.41 Å². The maximum Gasteiger partial charge on any atom is 0.164 e. The number of nitrogens with zero attached hydrogens (tertiary/aromatic N) is 3. The van der Waals surface area contributed by atoms with Crippen molar-refractivity contribution in [3.8, 4) is 78.7 Å². The second kappa shape index (κ2) is 13.4. The Bertz CT molecular complexity index is 3540. The summed E-state index contributed by atoms with van der Waals surface area (Å²) in [6, 6.07) is 75.5. The molecule has 0 radical (unpaired) electrons. The van der Waals surface area contributed by atoms with E-state index in [1.54, 1.807) is 0 Å². The summed E-state index contributed by atoms with van der Waals surface area (Å²) < 4.78 is 6.38. The molecule has 0 bridgehead atoms. The lowest BCUT2D eigenvalue weighted by Gasteiger charge is -2.30. The maximum atomic E-state index is 6.38. The molecule has 1 spiro atoms. The minimum atomic E-state index is -0.483. The molecule has 2 aliphatic rings. The summed E-state index contributed by atoms with van der Waals surface area (Å²) in [6.45, 7) is 0. The maximum absolute atomic E-state index is 6.38. The van der Waals surface area contributed by atoms with Crippen LogP contribution in [0.1, 0.15) is 22.3 Å². The molecular weight excluding hydrogens is 755 g/mol. The minimum absolute atomic E-state index is 0.483. The summed E-state index contributed by atoms with van der Waals surface area (Å²) in [4.78, 5) is 16.1. The van der Waals surface area contributed by atoms with Gasteiger partial charge in [0.2, 0.25) is 0 Å². The molecule has 0 amide bonds. The molecule has 4 nitrogen and oxygen atoms in total. The molecule has 0 fully saturated rings. The normalized spacial score (nSPS) is 13.0. The molecule has 2 heterocycles. The van der Waals surface area contributed by atoms with Gasteiger partial charge in [-0.05, 0) is 85.0 Å². The van der Waals surface area contributed by atoms with Crippen molar-refractivity contribution < 1.29 is 4.42 Å². The van der Waals surface area contributed by atoms with Gasteiger partial charge in [-0.2, -0.15) is 0 Å². The van der Waals surface area contributed by atoms with Crippen molar-refractivity contribution in [2.75, 3.05) is 0 Å². The van der Waals surface area contributed by atoms with Crippen LogP contribution < -0.4 is 0 Å². The summed E-state index contributed by atoms with van der Waals surface area (Å²) in [6.07, 6.45) is 0. The standard InChI is InChI=1S/C58H35N3O/c1-2-15-36(16-3-1)39-17-12-18-40(35-39)37-31-33-38(34-32-37)55-59-56(61-57(60-55)46-24-14-30-52-54(46)44-22-7-11-29-51(44)62-52)45-23-13-28-50-53(45)43-21-6-10-27-49(43)58(50)47-25-8-4-19-41(47)42-20-5-9-26-48(42)58/h1-35H. The topological polar surface area (TPSA) is 51.8 Å². The van der Waals surface area contributed by atoms with Gasteiger partial charge in [0.05, 0.1) is 5.41 Å². The van der Waals surface area contributed by atoms with E-state index in [0.717, 1.165) is 55.3 Å². The number of benzene rings is 9. The van der Waals surface area contributed by atoms with Crippen LogP contribution >= 0.6 is 0 Å². The molecule has 288 valence electrons.